The van der Waals surface area contributed by atoms with Crippen molar-refractivity contribution >= 4 is 6.09 Å². The zero-order chi connectivity index (χ0) is 18.7. The maximum Gasteiger partial charge on any atom is 0.410 e. The molecule has 1 amide bonds. The van der Waals surface area contributed by atoms with Gasteiger partial charge >= 0.3 is 6.09 Å². The van der Waals surface area contributed by atoms with Crippen LogP contribution < -0.4 is 4.74 Å². The maximum atomic E-state index is 13.6. The molecule has 0 aromatic heterocycles. The minimum absolute atomic E-state index is 0.175. The van der Waals surface area contributed by atoms with Gasteiger partial charge in [-0.25, -0.2) is 9.18 Å². The molecule has 0 bridgehead atoms. The van der Waals surface area contributed by atoms with Crippen LogP contribution in [0.3, 0.4) is 0 Å². The number of rotatable bonds is 6. The van der Waals surface area contributed by atoms with Gasteiger partial charge in [0, 0.05) is 44.6 Å². The van der Waals surface area contributed by atoms with Crippen molar-refractivity contribution in [3.05, 3.63) is 29.6 Å². The molecule has 6 heteroatoms. The first-order valence-electron chi connectivity index (χ1n) is 9.43. The summed E-state index contributed by atoms with van der Waals surface area (Å²) in [7, 11) is 1.60. The first-order valence-corrected chi connectivity index (χ1v) is 9.43. The first-order chi connectivity index (χ1) is 12.4. The third-order valence-corrected chi connectivity index (χ3v) is 5.42. The average molecular weight is 364 g/mol. The van der Waals surface area contributed by atoms with Gasteiger partial charge < -0.3 is 14.4 Å². The summed E-state index contributed by atoms with van der Waals surface area (Å²) in [6.07, 6.45) is 2.45. The summed E-state index contributed by atoms with van der Waals surface area (Å²) in [4.78, 5) is 16.3. The Morgan fingerprint density at radius 2 is 2.04 bits per heavy atom. The second-order valence-corrected chi connectivity index (χ2v) is 7.89. The lowest BCUT2D eigenvalue weighted by Gasteiger charge is -2.37. The van der Waals surface area contributed by atoms with Gasteiger partial charge in [0.1, 0.15) is 17.2 Å². The number of carbonyl (C=O) groups is 1. The molecule has 0 radical (unpaired) electrons. The predicted octanol–water partition coefficient (Wildman–Crippen LogP) is 3.67. The highest BCUT2D eigenvalue weighted by atomic mass is 19.1. The molecule has 2 aliphatic heterocycles. The molecular weight excluding hydrogens is 335 g/mol. The molecule has 0 atom stereocenters. The number of methoxy groups -OCH3 is 1. The van der Waals surface area contributed by atoms with Crippen LogP contribution in [0, 0.1) is 11.7 Å². The largest absolute Gasteiger partial charge is 0.496 e. The lowest BCUT2D eigenvalue weighted by molar-refractivity contribution is -0.00138. The summed E-state index contributed by atoms with van der Waals surface area (Å²) < 4.78 is 24.7. The SMILES string of the molecule is COc1ccc(F)cc1CN1CCC2(CC1)CN(CCC(C)C)C(=O)O2. The molecule has 0 unspecified atom stereocenters. The van der Waals surface area contributed by atoms with Gasteiger partial charge in [0.2, 0.25) is 0 Å². The van der Waals surface area contributed by atoms with Gasteiger partial charge in [-0.05, 0) is 30.5 Å². The van der Waals surface area contributed by atoms with Crippen molar-refractivity contribution in [3.8, 4) is 5.75 Å². The molecule has 0 saturated carbocycles. The Labute approximate surface area is 155 Å². The summed E-state index contributed by atoms with van der Waals surface area (Å²) in [6.45, 7) is 8.07. The molecule has 2 fully saturated rings. The highest BCUT2D eigenvalue weighted by molar-refractivity contribution is 5.70. The van der Waals surface area contributed by atoms with Gasteiger partial charge in [-0.15, -0.1) is 0 Å². The Morgan fingerprint density at radius 1 is 1.31 bits per heavy atom. The molecule has 1 spiro atoms. The van der Waals surface area contributed by atoms with Crippen LogP contribution in [-0.2, 0) is 11.3 Å². The van der Waals surface area contributed by atoms with E-state index in [2.05, 4.69) is 18.7 Å². The van der Waals surface area contributed by atoms with Crippen LogP contribution in [0.25, 0.3) is 0 Å². The van der Waals surface area contributed by atoms with Crippen molar-refractivity contribution in [3.63, 3.8) is 0 Å². The number of hydrogen-bond donors (Lipinski definition) is 0. The van der Waals surface area contributed by atoms with Crippen LogP contribution in [-0.4, -0.2) is 54.8 Å². The Balaban J connectivity index is 1.56. The molecule has 3 rings (SSSR count). The van der Waals surface area contributed by atoms with Crippen molar-refractivity contribution < 1.29 is 18.7 Å². The van der Waals surface area contributed by atoms with Crippen LogP contribution in [0.4, 0.5) is 9.18 Å². The third kappa shape index (κ3) is 4.29. The summed E-state index contributed by atoms with van der Waals surface area (Å²) >= 11 is 0. The minimum Gasteiger partial charge on any atom is -0.496 e. The Kier molecular flexibility index (Phi) is 5.70. The zero-order valence-corrected chi connectivity index (χ0v) is 16.0. The fraction of sp³-hybridized carbons (Fsp3) is 0.650. The van der Waals surface area contributed by atoms with Crippen molar-refractivity contribution in [2.45, 2.75) is 45.3 Å². The van der Waals surface area contributed by atoms with Crippen LogP contribution in [0.15, 0.2) is 18.2 Å². The van der Waals surface area contributed by atoms with Crippen LogP contribution in [0.5, 0.6) is 5.75 Å². The molecule has 1 aromatic carbocycles. The standard InChI is InChI=1S/C20H29FN2O3/c1-15(2)6-9-23-14-20(26-19(23)24)7-10-22(11-8-20)13-16-12-17(21)4-5-18(16)25-3/h4-5,12,15H,6-11,13-14H2,1-3H3. The number of carbonyl (C=O) groups excluding carboxylic acids is 1. The average Bonchev–Trinajstić information content (AvgIpc) is 2.91. The van der Waals surface area contributed by atoms with E-state index in [9.17, 15) is 9.18 Å². The van der Waals surface area contributed by atoms with Crippen LogP contribution in [0.1, 0.15) is 38.7 Å². The van der Waals surface area contributed by atoms with Gasteiger partial charge in [-0.2, -0.15) is 0 Å². The highest BCUT2D eigenvalue weighted by Gasteiger charge is 2.46. The van der Waals surface area contributed by atoms with Gasteiger partial charge in [0.05, 0.1) is 13.7 Å². The van der Waals surface area contributed by atoms with E-state index in [0.29, 0.717) is 24.8 Å². The van der Waals surface area contributed by atoms with E-state index in [0.717, 1.165) is 44.5 Å². The number of likely N-dealkylation sites (tertiary alicyclic amines) is 1. The number of halogens is 1. The summed E-state index contributed by atoms with van der Waals surface area (Å²) in [5.74, 6) is 1.03. The number of nitrogens with zero attached hydrogens (tertiary/aromatic N) is 2. The smallest absolute Gasteiger partial charge is 0.410 e. The Morgan fingerprint density at radius 3 is 2.69 bits per heavy atom. The first kappa shape index (κ1) is 19.0. The molecule has 5 nitrogen and oxygen atoms in total. The molecular formula is C20H29FN2O3. The van der Waals surface area contributed by atoms with E-state index in [1.807, 2.05) is 4.90 Å². The molecule has 2 heterocycles. The number of ether oxygens (including phenoxy) is 2. The highest BCUT2D eigenvalue weighted by Crippen LogP contribution is 2.34. The third-order valence-electron chi connectivity index (χ3n) is 5.42. The maximum absolute atomic E-state index is 13.6. The second-order valence-electron chi connectivity index (χ2n) is 7.89. The molecule has 0 aliphatic carbocycles. The van der Waals surface area contributed by atoms with E-state index in [4.69, 9.17) is 9.47 Å². The molecule has 1 aromatic rings. The number of benzene rings is 1. The van der Waals surface area contributed by atoms with E-state index in [-0.39, 0.29) is 17.5 Å². The van der Waals surface area contributed by atoms with Gasteiger partial charge in [0.15, 0.2) is 0 Å². The quantitative estimate of drug-likeness (QED) is 0.772. The van der Waals surface area contributed by atoms with E-state index >= 15 is 0 Å². The van der Waals surface area contributed by atoms with Crippen molar-refractivity contribution in [2.75, 3.05) is 33.3 Å². The van der Waals surface area contributed by atoms with Gasteiger partial charge in [-0.1, -0.05) is 13.8 Å². The summed E-state index contributed by atoms with van der Waals surface area (Å²) in [5.41, 5.74) is 0.502. The van der Waals surface area contributed by atoms with E-state index in [1.54, 1.807) is 13.2 Å². The topological polar surface area (TPSA) is 42.0 Å². The Bertz CT molecular complexity index is 642. The van der Waals surface area contributed by atoms with Crippen molar-refractivity contribution in [1.82, 2.24) is 9.80 Å². The van der Waals surface area contributed by atoms with Crippen molar-refractivity contribution in [1.29, 1.82) is 0 Å². The molecule has 2 aliphatic rings. The molecule has 144 valence electrons. The normalized spacial score (nSPS) is 20.0. The second kappa shape index (κ2) is 7.82. The lowest BCUT2D eigenvalue weighted by Crippen LogP contribution is -2.46. The van der Waals surface area contributed by atoms with Gasteiger partial charge in [0.25, 0.3) is 0 Å². The predicted molar refractivity (Wildman–Crippen MR) is 97.7 cm³/mol. The van der Waals surface area contributed by atoms with E-state index < -0.39 is 0 Å². The zero-order valence-electron chi connectivity index (χ0n) is 16.0. The van der Waals surface area contributed by atoms with Crippen LogP contribution >= 0.6 is 0 Å². The van der Waals surface area contributed by atoms with Crippen LogP contribution in [0.2, 0.25) is 0 Å². The van der Waals surface area contributed by atoms with Crippen molar-refractivity contribution in [2.24, 2.45) is 5.92 Å². The number of hydrogen-bond acceptors (Lipinski definition) is 4. The van der Waals surface area contributed by atoms with E-state index in [1.165, 1.54) is 12.1 Å². The molecule has 2 saturated heterocycles. The minimum atomic E-state index is -0.351. The molecule has 0 N–H and O–H groups in total. The fourth-order valence-electron chi connectivity index (χ4n) is 3.77. The monoisotopic (exact) mass is 364 g/mol. The molecule has 26 heavy (non-hydrogen) atoms. The lowest BCUT2D eigenvalue weighted by atomic mass is 9.91. The summed E-state index contributed by atoms with van der Waals surface area (Å²) in [5, 5.41) is 0. The summed E-state index contributed by atoms with van der Waals surface area (Å²) in [6, 6.07) is 4.62. The fourth-order valence-corrected chi connectivity index (χ4v) is 3.77. The van der Waals surface area contributed by atoms with Gasteiger partial charge in [-0.3, -0.25) is 4.90 Å². The number of piperidine rings is 1. The Hall–Kier alpha value is -1.82. The number of amides is 1.